The molecule has 0 unspecified atom stereocenters. The van der Waals surface area contributed by atoms with Crippen molar-refractivity contribution in [1.82, 2.24) is 5.32 Å². The third-order valence-corrected chi connectivity index (χ3v) is 2.03. The van der Waals surface area contributed by atoms with Gasteiger partial charge in [0.25, 0.3) is 0 Å². The lowest BCUT2D eigenvalue weighted by atomic mass is 10.2. The van der Waals surface area contributed by atoms with Crippen LogP contribution in [0.25, 0.3) is 6.08 Å². The summed E-state index contributed by atoms with van der Waals surface area (Å²) in [4.78, 5) is 0. The molecule has 0 amide bonds. The van der Waals surface area contributed by atoms with Crippen molar-refractivity contribution < 1.29 is 9.47 Å². The van der Waals surface area contributed by atoms with E-state index in [4.69, 9.17) is 9.47 Å². The standard InChI is InChI=1S/C11H13NO2/c1-12-6-2-3-9-4-5-10-11(7-9)14-8-13-10/h2-5,7,12H,6,8H2,1H3. The summed E-state index contributed by atoms with van der Waals surface area (Å²) in [5.74, 6) is 1.66. The molecule has 0 atom stereocenters. The van der Waals surface area contributed by atoms with Crippen molar-refractivity contribution in [2.45, 2.75) is 0 Å². The molecule has 14 heavy (non-hydrogen) atoms. The van der Waals surface area contributed by atoms with Crippen LogP contribution < -0.4 is 14.8 Å². The molecule has 3 heteroatoms. The molecule has 0 spiro atoms. The van der Waals surface area contributed by atoms with E-state index in [2.05, 4.69) is 17.5 Å². The van der Waals surface area contributed by atoms with Crippen molar-refractivity contribution in [1.29, 1.82) is 0 Å². The van der Waals surface area contributed by atoms with Gasteiger partial charge in [-0.1, -0.05) is 18.2 Å². The van der Waals surface area contributed by atoms with Gasteiger partial charge in [0.15, 0.2) is 11.5 Å². The molecule has 0 aromatic heterocycles. The molecule has 3 nitrogen and oxygen atoms in total. The van der Waals surface area contributed by atoms with E-state index in [0.29, 0.717) is 6.79 Å². The molecular weight excluding hydrogens is 178 g/mol. The van der Waals surface area contributed by atoms with Crippen molar-refractivity contribution in [2.75, 3.05) is 20.4 Å². The topological polar surface area (TPSA) is 30.5 Å². The van der Waals surface area contributed by atoms with Gasteiger partial charge in [0, 0.05) is 6.54 Å². The van der Waals surface area contributed by atoms with Gasteiger partial charge in [-0.3, -0.25) is 0 Å². The van der Waals surface area contributed by atoms with Crippen molar-refractivity contribution in [2.24, 2.45) is 0 Å². The van der Waals surface area contributed by atoms with Crippen LogP contribution >= 0.6 is 0 Å². The molecule has 0 saturated carbocycles. The molecule has 1 aromatic carbocycles. The van der Waals surface area contributed by atoms with Crippen LogP contribution in [0.4, 0.5) is 0 Å². The van der Waals surface area contributed by atoms with Crippen molar-refractivity contribution in [3.8, 4) is 11.5 Å². The van der Waals surface area contributed by atoms with Gasteiger partial charge in [0.1, 0.15) is 0 Å². The second-order valence-electron chi connectivity index (χ2n) is 3.07. The lowest BCUT2D eigenvalue weighted by Gasteiger charge is -1.97. The van der Waals surface area contributed by atoms with Gasteiger partial charge in [-0.25, -0.2) is 0 Å². The summed E-state index contributed by atoms with van der Waals surface area (Å²) in [7, 11) is 1.92. The summed E-state index contributed by atoms with van der Waals surface area (Å²) in [6.45, 7) is 1.20. The molecule has 74 valence electrons. The average Bonchev–Trinajstić information content (AvgIpc) is 2.65. The smallest absolute Gasteiger partial charge is 0.231 e. The van der Waals surface area contributed by atoms with E-state index in [9.17, 15) is 0 Å². The van der Waals surface area contributed by atoms with Crippen molar-refractivity contribution >= 4 is 6.08 Å². The lowest BCUT2D eigenvalue weighted by molar-refractivity contribution is 0.174. The molecule has 1 aromatic rings. The first-order valence-electron chi connectivity index (χ1n) is 4.61. The number of hydrogen-bond acceptors (Lipinski definition) is 3. The Morgan fingerprint density at radius 3 is 3.07 bits per heavy atom. The number of fused-ring (bicyclic) bond motifs is 1. The second kappa shape index (κ2) is 4.15. The molecule has 1 aliphatic heterocycles. The highest BCUT2D eigenvalue weighted by atomic mass is 16.7. The number of benzene rings is 1. The maximum atomic E-state index is 5.27. The Morgan fingerprint density at radius 2 is 2.21 bits per heavy atom. The van der Waals surface area contributed by atoms with E-state index in [1.54, 1.807) is 0 Å². The molecule has 1 heterocycles. The summed E-state index contributed by atoms with van der Waals surface area (Å²) in [6, 6.07) is 5.93. The van der Waals surface area contributed by atoms with Crippen LogP contribution in [0.3, 0.4) is 0 Å². The first-order valence-corrected chi connectivity index (χ1v) is 4.61. The van der Waals surface area contributed by atoms with Crippen LogP contribution in [0.2, 0.25) is 0 Å². The van der Waals surface area contributed by atoms with E-state index in [1.165, 1.54) is 0 Å². The van der Waals surface area contributed by atoms with E-state index in [1.807, 2.05) is 25.2 Å². The SMILES string of the molecule is CNCC=Cc1ccc2c(c1)OCO2. The largest absolute Gasteiger partial charge is 0.454 e. The highest BCUT2D eigenvalue weighted by molar-refractivity contribution is 5.56. The molecule has 0 fully saturated rings. The number of rotatable bonds is 3. The molecular formula is C11H13NO2. The lowest BCUT2D eigenvalue weighted by Crippen LogP contribution is -2.03. The average molecular weight is 191 g/mol. The van der Waals surface area contributed by atoms with Gasteiger partial charge in [0.05, 0.1) is 0 Å². The van der Waals surface area contributed by atoms with Gasteiger partial charge < -0.3 is 14.8 Å². The molecule has 1 N–H and O–H groups in total. The minimum Gasteiger partial charge on any atom is -0.454 e. The van der Waals surface area contributed by atoms with E-state index < -0.39 is 0 Å². The molecule has 2 rings (SSSR count). The zero-order valence-corrected chi connectivity index (χ0v) is 8.12. The Kier molecular flexibility index (Phi) is 2.70. The zero-order chi connectivity index (χ0) is 9.80. The fraction of sp³-hybridized carbons (Fsp3) is 0.273. The van der Waals surface area contributed by atoms with Crippen LogP contribution in [0.1, 0.15) is 5.56 Å². The minimum atomic E-state index is 0.332. The predicted octanol–water partition coefficient (Wildman–Crippen LogP) is 1.65. The number of likely N-dealkylation sites (N-methyl/N-ethyl adjacent to an activating group) is 1. The molecule has 0 bridgehead atoms. The van der Waals surface area contributed by atoms with Crippen LogP contribution in [0.15, 0.2) is 24.3 Å². The fourth-order valence-corrected chi connectivity index (χ4v) is 1.33. The summed E-state index contributed by atoms with van der Waals surface area (Å²) in [5.41, 5.74) is 1.13. The van der Waals surface area contributed by atoms with E-state index in [-0.39, 0.29) is 0 Å². The molecule has 0 aliphatic carbocycles. The Bertz CT molecular complexity index is 347. The number of hydrogen-bond donors (Lipinski definition) is 1. The number of ether oxygens (including phenoxy) is 2. The Morgan fingerprint density at radius 1 is 1.36 bits per heavy atom. The second-order valence-corrected chi connectivity index (χ2v) is 3.07. The van der Waals surface area contributed by atoms with Crippen LogP contribution in [-0.4, -0.2) is 20.4 Å². The van der Waals surface area contributed by atoms with Crippen LogP contribution in [0, 0.1) is 0 Å². The normalized spacial score (nSPS) is 13.8. The van der Waals surface area contributed by atoms with Crippen LogP contribution in [-0.2, 0) is 0 Å². The highest BCUT2D eigenvalue weighted by Crippen LogP contribution is 2.32. The quantitative estimate of drug-likeness (QED) is 0.788. The van der Waals surface area contributed by atoms with Crippen molar-refractivity contribution in [3.05, 3.63) is 29.8 Å². The summed E-state index contributed by atoms with van der Waals surface area (Å²) in [5, 5.41) is 3.05. The van der Waals surface area contributed by atoms with Crippen molar-refractivity contribution in [3.63, 3.8) is 0 Å². The van der Waals surface area contributed by atoms with Gasteiger partial charge in [-0.15, -0.1) is 0 Å². The van der Waals surface area contributed by atoms with Gasteiger partial charge in [-0.2, -0.15) is 0 Å². The maximum Gasteiger partial charge on any atom is 0.231 e. The van der Waals surface area contributed by atoms with Gasteiger partial charge in [-0.05, 0) is 24.7 Å². The summed E-state index contributed by atoms with van der Waals surface area (Å²) < 4.78 is 10.5. The first kappa shape index (κ1) is 9.09. The minimum absolute atomic E-state index is 0.332. The first-order chi connectivity index (χ1) is 6.90. The molecule has 0 saturated heterocycles. The Labute approximate surface area is 83.3 Å². The molecule has 0 radical (unpaired) electrons. The predicted molar refractivity (Wildman–Crippen MR) is 55.5 cm³/mol. The summed E-state index contributed by atoms with van der Waals surface area (Å²) >= 11 is 0. The third kappa shape index (κ3) is 1.88. The van der Waals surface area contributed by atoms with E-state index in [0.717, 1.165) is 23.6 Å². The fourth-order valence-electron chi connectivity index (χ4n) is 1.33. The maximum absolute atomic E-state index is 5.27. The summed E-state index contributed by atoms with van der Waals surface area (Å²) in [6.07, 6.45) is 4.12. The van der Waals surface area contributed by atoms with Gasteiger partial charge >= 0.3 is 0 Å². The zero-order valence-electron chi connectivity index (χ0n) is 8.12. The Hall–Kier alpha value is -1.48. The van der Waals surface area contributed by atoms with Crippen LogP contribution in [0.5, 0.6) is 11.5 Å². The molecule has 1 aliphatic rings. The Balaban J connectivity index is 2.12. The van der Waals surface area contributed by atoms with E-state index >= 15 is 0 Å². The highest BCUT2D eigenvalue weighted by Gasteiger charge is 2.11. The number of nitrogens with one attached hydrogen (secondary N) is 1. The van der Waals surface area contributed by atoms with Gasteiger partial charge in [0.2, 0.25) is 6.79 Å². The third-order valence-electron chi connectivity index (χ3n) is 2.03. The monoisotopic (exact) mass is 191 g/mol.